The number of ether oxygens (including phenoxy) is 1. The minimum Gasteiger partial charge on any atom is -0.505 e. The summed E-state index contributed by atoms with van der Waals surface area (Å²) in [4.78, 5) is 0.685. The van der Waals surface area contributed by atoms with Crippen molar-refractivity contribution in [3.05, 3.63) is 83.0 Å². The van der Waals surface area contributed by atoms with Crippen LogP contribution in [0.25, 0.3) is 26.7 Å². The number of phenols is 1. The number of rotatable bonds is 16. The summed E-state index contributed by atoms with van der Waals surface area (Å²) in [6, 6.07) is 11.4. The average Bonchev–Trinajstić information content (AvgIpc) is 3.79. The van der Waals surface area contributed by atoms with E-state index in [0.29, 0.717) is 28.4 Å². The van der Waals surface area contributed by atoms with Gasteiger partial charge < -0.3 is 14.9 Å². The molecule has 7 rings (SSSR count). The molecule has 0 saturated carbocycles. The second kappa shape index (κ2) is 19.3. The number of phenolic OH excluding ortho intramolecular Hbond substituents is 1. The van der Waals surface area contributed by atoms with E-state index in [1.165, 1.54) is 25.1 Å². The van der Waals surface area contributed by atoms with E-state index in [0.717, 1.165) is 41.7 Å². The number of azo groups is 3. The van der Waals surface area contributed by atoms with Gasteiger partial charge in [0.2, 0.25) is 11.0 Å². The SMILES string of the molecule is Cc1cc(N=Nc2ccc3c(S(=O)(=O)O)c(N=Nc4c(C)nn(-c5cc(S(=O)(=O)O)cc(S(=O)(=O)O)c5)c4O)ccc3c2O)c(OCCCS(=O)(=O)O)cc1N=Nc1nc2c(S(=O)(=O)O)cc(Cl)cc2s1. The van der Waals surface area contributed by atoms with Crippen LogP contribution in [0.2, 0.25) is 5.02 Å². The molecule has 0 saturated heterocycles. The summed E-state index contributed by atoms with van der Waals surface area (Å²) in [6.07, 6.45) is -0.188. The first-order chi connectivity index (χ1) is 32.9. The van der Waals surface area contributed by atoms with E-state index in [9.17, 15) is 75.1 Å². The Morgan fingerprint density at radius 3 is 1.89 bits per heavy atom. The maximum atomic E-state index is 12.8. The van der Waals surface area contributed by atoms with Gasteiger partial charge in [-0.1, -0.05) is 29.0 Å². The lowest BCUT2D eigenvalue weighted by atomic mass is 10.1. The Kier molecular flexibility index (Phi) is 14.2. The fourth-order valence-electron chi connectivity index (χ4n) is 6.44. The van der Waals surface area contributed by atoms with Crippen LogP contribution in [-0.2, 0) is 50.6 Å². The van der Waals surface area contributed by atoms with Crippen molar-refractivity contribution in [3.63, 3.8) is 0 Å². The second-order valence-electron chi connectivity index (χ2n) is 14.6. The van der Waals surface area contributed by atoms with Crippen LogP contribution in [0.15, 0.2) is 117 Å². The van der Waals surface area contributed by atoms with Crippen molar-refractivity contribution in [2.45, 2.75) is 39.9 Å². The highest BCUT2D eigenvalue weighted by Gasteiger charge is 2.26. The monoisotopic (exact) mass is 1110 g/mol. The highest BCUT2D eigenvalue weighted by molar-refractivity contribution is 7.87. The molecule has 0 atom stereocenters. The Hall–Kier alpha value is -6.50. The van der Waals surface area contributed by atoms with Crippen LogP contribution in [0.3, 0.4) is 0 Å². The van der Waals surface area contributed by atoms with Crippen molar-refractivity contribution in [1.82, 2.24) is 14.8 Å². The van der Waals surface area contributed by atoms with Gasteiger partial charge in [0.05, 0.1) is 43.9 Å². The summed E-state index contributed by atoms with van der Waals surface area (Å²) in [6.45, 7) is 2.55. The lowest BCUT2D eigenvalue weighted by Crippen LogP contribution is -2.08. The first kappa shape index (κ1) is 52.3. The Balaban J connectivity index is 1.23. The van der Waals surface area contributed by atoms with Gasteiger partial charge in [0, 0.05) is 21.9 Å². The quantitative estimate of drug-likeness (QED) is 0.0272. The third kappa shape index (κ3) is 11.8. The van der Waals surface area contributed by atoms with Gasteiger partial charge in [-0.25, -0.2) is 4.98 Å². The number of aromatic nitrogens is 3. The summed E-state index contributed by atoms with van der Waals surface area (Å²) in [5.41, 5.74) is -1.60. The van der Waals surface area contributed by atoms with Gasteiger partial charge in [-0.2, -0.15) is 51.9 Å². The summed E-state index contributed by atoms with van der Waals surface area (Å²) >= 11 is 6.92. The highest BCUT2D eigenvalue weighted by atomic mass is 35.5. The number of benzene rings is 5. The molecule has 71 heavy (non-hydrogen) atoms. The Bertz CT molecular complexity index is 4000. The van der Waals surface area contributed by atoms with Crippen molar-refractivity contribution in [1.29, 1.82) is 0 Å². The highest BCUT2D eigenvalue weighted by Crippen LogP contribution is 2.44. The first-order valence-corrected chi connectivity index (χ1v) is 27.7. The van der Waals surface area contributed by atoms with Gasteiger partial charge in [-0.05, 0) is 80.4 Å². The number of hydrogen-bond acceptors (Lipinski definition) is 22. The standard InChI is InChI=1S/C37H30ClN9O18S6/c1-17-10-28(29(65-8-3-9-67(50,51)52)16-27(17)42-45-37-39-33-30(66-37)11-19(38)12-31(33)70(59,60)61)43-40-25-6-5-24-23(34(25)48)4-7-26(35(24)71(62,63)64)41-44-32-18(2)46-47(36(32)49)20-13-21(68(53,54)55)15-22(14-20)69(56,57)58/h4-7,10-16,48-49H,3,8-9H2,1-2H3,(H,50,51,52)(H,53,54,55)(H,56,57,58)(H,59,60,61)(H,62,63,64). The van der Waals surface area contributed by atoms with Crippen molar-refractivity contribution in [2.24, 2.45) is 30.7 Å². The third-order valence-corrected chi connectivity index (χ3v) is 15.0. The van der Waals surface area contributed by atoms with Gasteiger partial charge in [0.15, 0.2) is 11.4 Å². The molecule has 0 amide bonds. The number of nitrogens with zero attached hydrogens (tertiary/aromatic N) is 9. The molecule has 5 aromatic carbocycles. The molecule has 27 nitrogen and oxygen atoms in total. The van der Waals surface area contributed by atoms with Crippen LogP contribution in [0, 0.1) is 13.8 Å². The summed E-state index contributed by atoms with van der Waals surface area (Å²) in [5, 5.41) is 49.9. The van der Waals surface area contributed by atoms with Crippen LogP contribution in [-0.4, -0.2) is 102 Å². The number of hydrogen-bond donors (Lipinski definition) is 7. The maximum Gasteiger partial charge on any atom is 0.297 e. The van der Waals surface area contributed by atoms with Gasteiger partial charge in [-0.15, -0.1) is 30.7 Å². The second-order valence-corrected chi connectivity index (χ2v) is 23.2. The number of thiazole rings is 1. The van der Waals surface area contributed by atoms with Gasteiger partial charge >= 0.3 is 0 Å². The fraction of sp³-hybridized carbons (Fsp3) is 0.135. The van der Waals surface area contributed by atoms with Crippen molar-refractivity contribution >= 4 is 128 Å². The van der Waals surface area contributed by atoms with Crippen LogP contribution in [0.5, 0.6) is 17.4 Å². The van der Waals surface area contributed by atoms with Crippen molar-refractivity contribution < 1.29 is 79.8 Å². The Morgan fingerprint density at radius 1 is 0.662 bits per heavy atom. The van der Waals surface area contributed by atoms with E-state index in [-0.39, 0.29) is 72.7 Å². The number of halogens is 1. The van der Waals surface area contributed by atoms with E-state index >= 15 is 0 Å². The molecule has 7 aromatic rings. The predicted octanol–water partition coefficient (Wildman–Crippen LogP) is 8.21. The molecule has 374 valence electrons. The lowest BCUT2D eigenvalue weighted by Gasteiger charge is -2.11. The van der Waals surface area contributed by atoms with Gasteiger partial charge in [-0.3, -0.25) is 22.8 Å². The van der Waals surface area contributed by atoms with Crippen LogP contribution >= 0.6 is 22.9 Å². The molecular formula is C37H30ClN9O18S6. The summed E-state index contributed by atoms with van der Waals surface area (Å²) < 4.78 is 175. The maximum absolute atomic E-state index is 12.8. The smallest absolute Gasteiger partial charge is 0.297 e. The molecule has 7 N–H and O–H groups in total. The van der Waals surface area contributed by atoms with E-state index in [1.54, 1.807) is 6.92 Å². The third-order valence-electron chi connectivity index (χ3n) is 9.59. The minimum atomic E-state index is -5.21. The number of fused-ring (bicyclic) bond motifs is 2. The molecular weight excluding hydrogens is 1090 g/mol. The molecule has 0 spiro atoms. The van der Waals surface area contributed by atoms with Crippen molar-refractivity contribution in [2.75, 3.05) is 12.4 Å². The molecule has 0 bridgehead atoms. The molecule has 2 aromatic heterocycles. The predicted molar refractivity (Wildman–Crippen MR) is 250 cm³/mol. The van der Waals surface area contributed by atoms with E-state index < -0.39 is 105 Å². The Morgan fingerprint density at radius 2 is 1.27 bits per heavy atom. The van der Waals surface area contributed by atoms with Crippen LogP contribution in [0.4, 0.5) is 33.6 Å². The molecule has 0 aliphatic carbocycles. The van der Waals surface area contributed by atoms with Crippen LogP contribution < -0.4 is 4.74 Å². The topological polar surface area (TPSA) is 426 Å². The number of aryl methyl sites for hydroxylation is 2. The zero-order valence-electron chi connectivity index (χ0n) is 35.4. The van der Waals surface area contributed by atoms with E-state index in [4.69, 9.17) is 16.3 Å². The summed E-state index contributed by atoms with van der Waals surface area (Å²) in [5.74, 6) is -2.32. The van der Waals surface area contributed by atoms with Crippen molar-refractivity contribution in [3.8, 4) is 23.1 Å². The lowest BCUT2D eigenvalue weighted by molar-refractivity contribution is 0.317. The molecule has 2 heterocycles. The zero-order chi connectivity index (χ0) is 52.2. The van der Waals surface area contributed by atoms with E-state index in [1.807, 2.05) is 0 Å². The largest absolute Gasteiger partial charge is 0.505 e. The Labute approximate surface area is 409 Å². The molecule has 34 heteroatoms. The molecule has 0 fully saturated rings. The van der Waals surface area contributed by atoms with E-state index in [2.05, 4.69) is 40.8 Å². The molecule has 0 aliphatic rings. The fourth-order valence-corrected chi connectivity index (χ4v) is 10.9. The normalized spacial score (nSPS) is 13.2. The molecule has 0 unspecified atom stereocenters. The minimum absolute atomic E-state index is 0.00258. The molecule has 0 aliphatic heterocycles. The average molecular weight is 1120 g/mol. The summed E-state index contributed by atoms with van der Waals surface area (Å²) in [7, 11) is -24.4. The van der Waals surface area contributed by atoms with Crippen LogP contribution in [0.1, 0.15) is 17.7 Å². The number of aromatic hydroxyl groups is 2. The van der Waals surface area contributed by atoms with Gasteiger partial charge in [0.25, 0.3) is 50.6 Å². The van der Waals surface area contributed by atoms with Gasteiger partial charge in [0.1, 0.15) is 38.1 Å². The molecule has 0 radical (unpaired) electrons. The first-order valence-electron chi connectivity index (χ1n) is 19.1. The zero-order valence-corrected chi connectivity index (χ0v) is 41.1.